The van der Waals surface area contributed by atoms with Crippen molar-refractivity contribution in [2.24, 2.45) is 5.73 Å². The Kier molecular flexibility index (Phi) is 3.19. The number of amides is 1. The second-order valence-electron chi connectivity index (χ2n) is 2.52. The molecule has 0 radical (unpaired) electrons. The summed E-state index contributed by atoms with van der Waals surface area (Å²) in [6.45, 7) is 0. The quantitative estimate of drug-likeness (QED) is 0.696. The van der Waals surface area contributed by atoms with Gasteiger partial charge in [-0.25, -0.2) is 0 Å². The van der Waals surface area contributed by atoms with Gasteiger partial charge < -0.3 is 5.73 Å². The lowest BCUT2D eigenvalue weighted by molar-refractivity contribution is -0.118. The molecule has 0 aliphatic rings. The lowest BCUT2D eigenvalue weighted by Gasteiger charge is -1.96. The molecule has 64 valence electrons. The third-order valence-corrected chi connectivity index (χ3v) is 1.47. The van der Waals surface area contributed by atoms with Crippen LogP contribution in [0.4, 0.5) is 0 Å². The Morgan fingerprint density at radius 1 is 1.50 bits per heavy atom. The summed E-state index contributed by atoms with van der Waals surface area (Å²) in [6.07, 6.45) is 6.87. The van der Waals surface area contributed by atoms with Crippen LogP contribution in [0.2, 0.25) is 0 Å². The molecule has 12 heavy (non-hydrogen) atoms. The maximum atomic E-state index is 10.4. The van der Waals surface area contributed by atoms with Crippen LogP contribution in [0.25, 0.3) is 0 Å². The molecule has 1 rings (SSSR count). The van der Waals surface area contributed by atoms with Crippen LogP contribution in [0.3, 0.4) is 0 Å². The van der Waals surface area contributed by atoms with Crippen LogP contribution >= 0.6 is 0 Å². The van der Waals surface area contributed by atoms with Crippen molar-refractivity contribution in [3.05, 3.63) is 24.3 Å². The molecule has 4 nitrogen and oxygen atoms in total. The van der Waals surface area contributed by atoms with Gasteiger partial charge in [-0.3, -0.25) is 14.8 Å². The number of aromatic nitrogens is 2. The second-order valence-corrected chi connectivity index (χ2v) is 2.52. The molecule has 0 fully saturated rings. The van der Waals surface area contributed by atoms with Crippen LogP contribution in [0.1, 0.15) is 18.5 Å². The number of carbonyl (C=O) groups excluding carboxylic acids is 1. The number of hydrogen-bond acceptors (Lipinski definition) is 3. The number of aryl methyl sites for hydroxylation is 1. The first-order chi connectivity index (χ1) is 5.79. The van der Waals surface area contributed by atoms with E-state index in [-0.39, 0.29) is 5.91 Å². The number of nitrogens with two attached hydrogens (primary N) is 1. The average molecular weight is 165 g/mol. The molecule has 0 aromatic carbocycles. The molecule has 4 heteroatoms. The van der Waals surface area contributed by atoms with Gasteiger partial charge in [0.2, 0.25) is 5.91 Å². The zero-order valence-corrected chi connectivity index (χ0v) is 6.73. The molecule has 1 aromatic rings. The van der Waals surface area contributed by atoms with Crippen molar-refractivity contribution in [3.8, 4) is 0 Å². The highest BCUT2D eigenvalue weighted by molar-refractivity contribution is 5.73. The molecule has 0 saturated carbocycles. The number of hydrogen-bond donors (Lipinski definition) is 1. The summed E-state index contributed by atoms with van der Waals surface area (Å²) in [7, 11) is 0. The predicted octanol–water partition coefficient (Wildman–Crippen LogP) is 0.285. The summed E-state index contributed by atoms with van der Waals surface area (Å²) in [4.78, 5) is 18.3. The van der Waals surface area contributed by atoms with Crippen molar-refractivity contribution in [3.63, 3.8) is 0 Å². The van der Waals surface area contributed by atoms with E-state index in [0.717, 1.165) is 18.5 Å². The first-order valence-electron chi connectivity index (χ1n) is 3.82. The van der Waals surface area contributed by atoms with E-state index in [1.807, 2.05) is 0 Å². The first kappa shape index (κ1) is 8.64. The first-order valence-corrected chi connectivity index (χ1v) is 3.82. The molecule has 0 aliphatic carbocycles. The molecule has 0 bridgehead atoms. The Hall–Kier alpha value is -1.45. The predicted molar refractivity (Wildman–Crippen MR) is 44.2 cm³/mol. The molecular weight excluding hydrogens is 154 g/mol. The standard InChI is InChI=1S/C8H11N3O/c9-8(12)3-1-2-7-6-10-4-5-11-7/h4-6H,1-3H2,(H2,9,12). The summed E-state index contributed by atoms with van der Waals surface area (Å²) in [6, 6.07) is 0. The van der Waals surface area contributed by atoms with E-state index in [0.29, 0.717) is 6.42 Å². The highest BCUT2D eigenvalue weighted by atomic mass is 16.1. The highest BCUT2D eigenvalue weighted by Gasteiger charge is 1.96. The molecule has 0 unspecified atom stereocenters. The maximum absolute atomic E-state index is 10.4. The zero-order valence-electron chi connectivity index (χ0n) is 6.73. The van der Waals surface area contributed by atoms with E-state index in [4.69, 9.17) is 5.73 Å². The molecule has 2 N–H and O–H groups in total. The van der Waals surface area contributed by atoms with E-state index in [1.165, 1.54) is 0 Å². The van der Waals surface area contributed by atoms with Gasteiger partial charge in [0, 0.05) is 25.0 Å². The maximum Gasteiger partial charge on any atom is 0.217 e. The van der Waals surface area contributed by atoms with Gasteiger partial charge in [-0.2, -0.15) is 0 Å². The van der Waals surface area contributed by atoms with E-state index < -0.39 is 0 Å². The molecule has 0 atom stereocenters. The van der Waals surface area contributed by atoms with Crippen LogP contribution in [0, 0.1) is 0 Å². The fourth-order valence-electron chi connectivity index (χ4n) is 0.903. The third kappa shape index (κ3) is 3.09. The largest absolute Gasteiger partial charge is 0.370 e. The fourth-order valence-corrected chi connectivity index (χ4v) is 0.903. The third-order valence-electron chi connectivity index (χ3n) is 1.47. The lowest BCUT2D eigenvalue weighted by Crippen LogP contribution is -2.10. The number of primary amides is 1. The highest BCUT2D eigenvalue weighted by Crippen LogP contribution is 1.98. The molecule has 1 heterocycles. The van der Waals surface area contributed by atoms with Crippen molar-refractivity contribution < 1.29 is 4.79 Å². The van der Waals surface area contributed by atoms with E-state index in [2.05, 4.69) is 9.97 Å². The van der Waals surface area contributed by atoms with Crippen LogP contribution in [-0.4, -0.2) is 15.9 Å². The zero-order chi connectivity index (χ0) is 8.81. The molecular formula is C8H11N3O. The molecule has 1 aromatic heterocycles. The van der Waals surface area contributed by atoms with Crippen LogP contribution in [-0.2, 0) is 11.2 Å². The Balaban J connectivity index is 2.29. The molecule has 0 spiro atoms. The van der Waals surface area contributed by atoms with Gasteiger partial charge in [0.15, 0.2) is 0 Å². The fraction of sp³-hybridized carbons (Fsp3) is 0.375. The molecule has 1 amide bonds. The van der Waals surface area contributed by atoms with Gasteiger partial charge in [0.05, 0.1) is 5.69 Å². The second kappa shape index (κ2) is 4.43. The Bertz CT molecular complexity index is 248. The Morgan fingerprint density at radius 3 is 2.92 bits per heavy atom. The van der Waals surface area contributed by atoms with Crippen molar-refractivity contribution in [1.82, 2.24) is 9.97 Å². The van der Waals surface area contributed by atoms with Gasteiger partial charge >= 0.3 is 0 Å². The number of carbonyl (C=O) groups is 1. The van der Waals surface area contributed by atoms with Crippen molar-refractivity contribution in [2.75, 3.05) is 0 Å². The number of rotatable bonds is 4. The van der Waals surface area contributed by atoms with E-state index in [9.17, 15) is 4.79 Å². The topological polar surface area (TPSA) is 68.9 Å². The Labute approximate surface area is 70.8 Å². The smallest absolute Gasteiger partial charge is 0.217 e. The summed E-state index contributed by atoms with van der Waals surface area (Å²) in [5.41, 5.74) is 5.88. The van der Waals surface area contributed by atoms with Crippen LogP contribution in [0.15, 0.2) is 18.6 Å². The number of nitrogens with zero attached hydrogens (tertiary/aromatic N) is 2. The lowest BCUT2D eigenvalue weighted by atomic mass is 10.2. The van der Waals surface area contributed by atoms with Gasteiger partial charge in [-0.05, 0) is 12.8 Å². The summed E-state index contributed by atoms with van der Waals surface area (Å²) >= 11 is 0. The summed E-state index contributed by atoms with van der Waals surface area (Å²) in [5.74, 6) is -0.265. The van der Waals surface area contributed by atoms with Gasteiger partial charge in [0.25, 0.3) is 0 Å². The van der Waals surface area contributed by atoms with Gasteiger partial charge in [-0.15, -0.1) is 0 Å². The molecule has 0 aliphatic heterocycles. The monoisotopic (exact) mass is 165 g/mol. The van der Waals surface area contributed by atoms with Crippen LogP contribution < -0.4 is 5.73 Å². The van der Waals surface area contributed by atoms with Crippen molar-refractivity contribution in [1.29, 1.82) is 0 Å². The van der Waals surface area contributed by atoms with Crippen LogP contribution in [0.5, 0.6) is 0 Å². The molecule has 0 saturated heterocycles. The van der Waals surface area contributed by atoms with E-state index in [1.54, 1.807) is 18.6 Å². The minimum atomic E-state index is -0.265. The van der Waals surface area contributed by atoms with Crippen molar-refractivity contribution in [2.45, 2.75) is 19.3 Å². The minimum Gasteiger partial charge on any atom is -0.370 e. The van der Waals surface area contributed by atoms with Gasteiger partial charge in [-0.1, -0.05) is 0 Å². The minimum absolute atomic E-state index is 0.265. The normalized spacial score (nSPS) is 9.67. The Morgan fingerprint density at radius 2 is 2.33 bits per heavy atom. The van der Waals surface area contributed by atoms with E-state index >= 15 is 0 Å². The summed E-state index contributed by atoms with van der Waals surface area (Å²) < 4.78 is 0. The SMILES string of the molecule is NC(=O)CCCc1cnccn1. The van der Waals surface area contributed by atoms with Gasteiger partial charge in [0.1, 0.15) is 0 Å². The summed E-state index contributed by atoms with van der Waals surface area (Å²) in [5, 5.41) is 0. The van der Waals surface area contributed by atoms with Crippen molar-refractivity contribution >= 4 is 5.91 Å². The average Bonchev–Trinajstić information content (AvgIpc) is 2.05.